The number of hydrogen-bond donors (Lipinski definition) is 2. The fourth-order valence-corrected chi connectivity index (χ4v) is 1.64. The van der Waals surface area contributed by atoms with Gasteiger partial charge < -0.3 is 15.2 Å². The third-order valence-corrected chi connectivity index (χ3v) is 2.85. The Bertz CT molecular complexity index is 404. The van der Waals surface area contributed by atoms with Crippen LogP contribution in [-0.2, 0) is 4.79 Å². The molecule has 1 unspecified atom stereocenters. The third-order valence-electron chi connectivity index (χ3n) is 2.85. The van der Waals surface area contributed by atoms with Crippen molar-refractivity contribution < 1.29 is 14.6 Å². The molecule has 2 N–H and O–H groups in total. The summed E-state index contributed by atoms with van der Waals surface area (Å²) in [6.45, 7) is 6.17. The zero-order chi connectivity index (χ0) is 14.3. The number of hydrogen-bond acceptors (Lipinski definition) is 3. The molecule has 0 aromatic heterocycles. The van der Waals surface area contributed by atoms with Gasteiger partial charge >= 0.3 is 0 Å². The van der Waals surface area contributed by atoms with Gasteiger partial charge in [0.25, 0.3) is 5.91 Å². The highest BCUT2D eigenvalue weighted by atomic mass is 16.5. The number of carbonyl (C=O) groups excluding carboxylic acids is 1. The van der Waals surface area contributed by atoms with E-state index in [0.29, 0.717) is 12.3 Å². The van der Waals surface area contributed by atoms with Gasteiger partial charge in [-0.25, -0.2) is 0 Å². The Kier molecular flexibility index (Phi) is 6.36. The molecule has 0 aliphatic carbocycles. The average molecular weight is 265 g/mol. The highest BCUT2D eigenvalue weighted by molar-refractivity contribution is 5.80. The van der Waals surface area contributed by atoms with E-state index in [0.717, 1.165) is 18.4 Å². The highest BCUT2D eigenvalue weighted by Crippen LogP contribution is 2.19. The van der Waals surface area contributed by atoms with E-state index in [4.69, 9.17) is 4.74 Å². The van der Waals surface area contributed by atoms with Gasteiger partial charge in [-0.1, -0.05) is 25.5 Å². The maximum Gasteiger partial charge on any atom is 0.260 e. The van der Waals surface area contributed by atoms with Crippen molar-refractivity contribution in [3.05, 3.63) is 29.8 Å². The minimum atomic E-state index is -0.544. The third kappa shape index (κ3) is 5.30. The van der Waals surface area contributed by atoms with Gasteiger partial charge in [0, 0.05) is 6.54 Å². The van der Waals surface area contributed by atoms with Crippen molar-refractivity contribution in [1.29, 1.82) is 0 Å². The lowest BCUT2D eigenvalue weighted by molar-refractivity contribution is -0.127. The number of ether oxygens (including phenoxy) is 1. The number of unbranched alkanes of at least 4 members (excludes halogenated alkanes) is 1. The largest absolute Gasteiger partial charge is 0.481 e. The Hall–Kier alpha value is -1.55. The summed E-state index contributed by atoms with van der Waals surface area (Å²) in [7, 11) is 0. The Morgan fingerprint density at radius 2 is 2.16 bits per heavy atom. The number of benzene rings is 1. The van der Waals surface area contributed by atoms with E-state index in [2.05, 4.69) is 12.2 Å². The molecule has 19 heavy (non-hydrogen) atoms. The molecule has 4 heteroatoms. The van der Waals surface area contributed by atoms with E-state index >= 15 is 0 Å². The van der Waals surface area contributed by atoms with Gasteiger partial charge in [0.1, 0.15) is 5.75 Å². The molecule has 0 heterocycles. The molecule has 0 aliphatic rings. The lowest BCUT2D eigenvalue weighted by atomic mass is 10.1. The summed E-state index contributed by atoms with van der Waals surface area (Å²) in [6.07, 6.45) is 0.931. The summed E-state index contributed by atoms with van der Waals surface area (Å²) in [6, 6.07) is 7.16. The monoisotopic (exact) mass is 265 g/mol. The van der Waals surface area contributed by atoms with Crippen molar-refractivity contribution in [2.75, 3.05) is 6.54 Å². The Labute approximate surface area is 114 Å². The van der Waals surface area contributed by atoms with E-state index in [1.807, 2.05) is 6.07 Å². The first-order valence-corrected chi connectivity index (χ1v) is 6.77. The van der Waals surface area contributed by atoms with Crippen LogP contribution in [0.4, 0.5) is 0 Å². The topological polar surface area (TPSA) is 58.6 Å². The summed E-state index contributed by atoms with van der Waals surface area (Å²) in [4.78, 5) is 11.8. The molecule has 2 atom stereocenters. The summed E-state index contributed by atoms with van der Waals surface area (Å²) in [5.74, 6) is 0.479. The van der Waals surface area contributed by atoms with Crippen molar-refractivity contribution >= 4 is 5.91 Å². The van der Waals surface area contributed by atoms with Gasteiger partial charge in [-0.2, -0.15) is 0 Å². The second kappa shape index (κ2) is 7.79. The molecule has 0 radical (unpaired) electrons. The van der Waals surface area contributed by atoms with Gasteiger partial charge in [0.15, 0.2) is 6.10 Å². The summed E-state index contributed by atoms with van der Waals surface area (Å²) in [5.41, 5.74) is 0.774. The molecule has 1 aromatic carbocycles. The van der Waals surface area contributed by atoms with Crippen molar-refractivity contribution in [3.63, 3.8) is 0 Å². The maximum absolute atomic E-state index is 11.8. The molecular formula is C15H23NO3. The minimum absolute atomic E-state index is 0.115. The van der Waals surface area contributed by atoms with Gasteiger partial charge in [-0.3, -0.25) is 4.79 Å². The zero-order valence-electron chi connectivity index (χ0n) is 11.8. The number of nitrogens with one attached hydrogen (secondary N) is 1. The fourth-order valence-electron chi connectivity index (χ4n) is 1.64. The second-order valence-electron chi connectivity index (χ2n) is 4.65. The lowest BCUT2D eigenvalue weighted by Gasteiger charge is -2.15. The average Bonchev–Trinajstić information content (AvgIpc) is 2.39. The van der Waals surface area contributed by atoms with Crippen molar-refractivity contribution in [2.45, 2.75) is 45.8 Å². The Balaban J connectivity index is 2.53. The molecule has 0 aliphatic heterocycles. The lowest BCUT2D eigenvalue weighted by Crippen LogP contribution is -2.36. The zero-order valence-corrected chi connectivity index (χ0v) is 11.8. The van der Waals surface area contributed by atoms with E-state index in [1.165, 1.54) is 0 Å². The van der Waals surface area contributed by atoms with Gasteiger partial charge in [0.05, 0.1) is 6.10 Å². The first kappa shape index (κ1) is 15.5. The summed E-state index contributed by atoms with van der Waals surface area (Å²) in [5, 5.41) is 12.3. The molecular weight excluding hydrogens is 242 g/mol. The molecule has 1 aromatic rings. The minimum Gasteiger partial charge on any atom is -0.481 e. The van der Waals surface area contributed by atoms with Crippen LogP contribution in [0.1, 0.15) is 45.3 Å². The second-order valence-corrected chi connectivity index (χ2v) is 4.65. The van der Waals surface area contributed by atoms with Crippen LogP contribution in [0.3, 0.4) is 0 Å². The summed E-state index contributed by atoms with van der Waals surface area (Å²) >= 11 is 0. The first-order chi connectivity index (χ1) is 9.04. The first-order valence-electron chi connectivity index (χ1n) is 6.77. The molecule has 0 spiro atoms. The maximum atomic E-state index is 11.8. The van der Waals surface area contributed by atoms with Crippen molar-refractivity contribution in [1.82, 2.24) is 5.32 Å². The van der Waals surface area contributed by atoms with Crippen molar-refractivity contribution in [3.8, 4) is 5.75 Å². The fraction of sp³-hybridized carbons (Fsp3) is 0.533. The molecule has 1 rings (SSSR count). The Morgan fingerprint density at radius 1 is 1.42 bits per heavy atom. The highest BCUT2D eigenvalue weighted by Gasteiger charge is 2.14. The number of amides is 1. The van der Waals surface area contributed by atoms with Crippen LogP contribution in [0.15, 0.2) is 24.3 Å². The van der Waals surface area contributed by atoms with E-state index in [9.17, 15) is 9.90 Å². The van der Waals surface area contributed by atoms with Crippen LogP contribution in [0.5, 0.6) is 5.75 Å². The Morgan fingerprint density at radius 3 is 2.79 bits per heavy atom. The van der Waals surface area contributed by atoms with Crippen LogP contribution in [0.2, 0.25) is 0 Å². The standard InChI is InChI=1S/C15H23NO3/c1-4-5-9-16-15(18)12(3)19-14-8-6-7-13(10-14)11(2)17/h6-8,10-12,17H,4-5,9H2,1-3H3,(H,16,18)/t11-,12?/m0/s1. The van der Waals surface area contributed by atoms with Gasteiger partial charge in [-0.05, 0) is 38.0 Å². The molecule has 1 amide bonds. The smallest absolute Gasteiger partial charge is 0.260 e. The van der Waals surface area contributed by atoms with Crippen LogP contribution in [0.25, 0.3) is 0 Å². The number of aliphatic hydroxyl groups excluding tert-OH is 1. The van der Waals surface area contributed by atoms with E-state index in [-0.39, 0.29) is 5.91 Å². The van der Waals surface area contributed by atoms with Gasteiger partial charge in [0.2, 0.25) is 0 Å². The van der Waals surface area contributed by atoms with E-state index < -0.39 is 12.2 Å². The SMILES string of the molecule is CCCCNC(=O)C(C)Oc1cccc([C@H](C)O)c1. The molecule has 0 fully saturated rings. The number of rotatable bonds is 7. The summed E-state index contributed by atoms with van der Waals surface area (Å²) < 4.78 is 5.57. The molecule has 0 bridgehead atoms. The molecule has 4 nitrogen and oxygen atoms in total. The molecule has 0 saturated carbocycles. The van der Waals surface area contributed by atoms with Crippen LogP contribution in [-0.4, -0.2) is 23.7 Å². The predicted octanol–water partition coefficient (Wildman–Crippen LogP) is 2.42. The van der Waals surface area contributed by atoms with Crippen molar-refractivity contribution in [2.24, 2.45) is 0 Å². The quantitative estimate of drug-likeness (QED) is 0.744. The van der Waals surface area contributed by atoms with Gasteiger partial charge in [-0.15, -0.1) is 0 Å². The number of aliphatic hydroxyl groups is 1. The van der Waals surface area contributed by atoms with Crippen LogP contribution < -0.4 is 10.1 Å². The van der Waals surface area contributed by atoms with Crippen LogP contribution >= 0.6 is 0 Å². The normalized spacial score (nSPS) is 13.7. The predicted molar refractivity (Wildman–Crippen MR) is 75.1 cm³/mol. The van der Waals surface area contributed by atoms with E-state index in [1.54, 1.807) is 32.0 Å². The molecule has 0 saturated heterocycles. The van der Waals surface area contributed by atoms with Crippen LogP contribution in [0, 0.1) is 0 Å². The molecule has 106 valence electrons. The number of carbonyl (C=O) groups is 1.